The molecule has 150 valence electrons. The molecule has 1 fully saturated rings. The van der Waals surface area contributed by atoms with Gasteiger partial charge in [-0.15, -0.1) is 0 Å². The summed E-state index contributed by atoms with van der Waals surface area (Å²) >= 11 is 0. The normalized spacial score (nSPS) is 17.2. The molecule has 2 amide bonds. The molecule has 2 atom stereocenters. The van der Waals surface area contributed by atoms with Crippen LogP contribution in [0.15, 0.2) is 54.6 Å². The molecule has 0 aliphatic carbocycles. The fourth-order valence-corrected chi connectivity index (χ4v) is 3.61. The molecule has 7 heteroatoms. The third kappa shape index (κ3) is 4.30. The minimum Gasteiger partial charge on any atom is -0.368 e. The van der Waals surface area contributed by atoms with Gasteiger partial charge < -0.3 is 19.9 Å². The van der Waals surface area contributed by atoms with E-state index in [1.807, 2.05) is 66.1 Å². The highest BCUT2D eigenvalue weighted by Gasteiger charge is 2.27. The monoisotopic (exact) mass is 392 g/mol. The number of benzene rings is 2. The minimum absolute atomic E-state index is 0.102. The van der Waals surface area contributed by atoms with Crippen LogP contribution in [0.25, 0.3) is 11.0 Å². The molecule has 7 nitrogen and oxygen atoms in total. The van der Waals surface area contributed by atoms with Gasteiger partial charge in [0.1, 0.15) is 18.5 Å². The van der Waals surface area contributed by atoms with E-state index < -0.39 is 6.10 Å². The molecule has 1 aliphatic heterocycles. The number of rotatable bonds is 6. The van der Waals surface area contributed by atoms with Gasteiger partial charge in [-0.1, -0.05) is 30.3 Å². The van der Waals surface area contributed by atoms with Crippen molar-refractivity contribution in [1.82, 2.24) is 14.9 Å². The van der Waals surface area contributed by atoms with Crippen molar-refractivity contribution in [2.45, 2.75) is 38.5 Å². The molecule has 2 heterocycles. The van der Waals surface area contributed by atoms with Crippen LogP contribution in [0.1, 0.15) is 31.6 Å². The van der Waals surface area contributed by atoms with Crippen molar-refractivity contribution in [3.63, 3.8) is 0 Å². The number of imidazole rings is 1. The van der Waals surface area contributed by atoms with E-state index >= 15 is 0 Å². The smallest absolute Gasteiger partial charge is 0.249 e. The number of anilines is 1. The van der Waals surface area contributed by atoms with Crippen LogP contribution in [-0.2, 0) is 20.9 Å². The van der Waals surface area contributed by atoms with Gasteiger partial charge in [-0.2, -0.15) is 0 Å². The quantitative estimate of drug-likeness (QED) is 0.675. The topological polar surface area (TPSA) is 85.2 Å². The Balaban J connectivity index is 1.56. The van der Waals surface area contributed by atoms with E-state index in [0.717, 1.165) is 29.6 Å². The summed E-state index contributed by atoms with van der Waals surface area (Å²) in [6.07, 6.45) is 1.22. The van der Waals surface area contributed by atoms with Gasteiger partial charge in [-0.05, 0) is 44.0 Å². The molecule has 29 heavy (non-hydrogen) atoms. The second kappa shape index (κ2) is 8.45. The number of carbonyl (C=O) groups excluding carboxylic acids is 2. The Hall–Kier alpha value is -3.19. The number of aromatic nitrogens is 2. The molecule has 4 rings (SSSR count). The van der Waals surface area contributed by atoms with E-state index in [1.54, 1.807) is 0 Å². The predicted molar refractivity (Wildman–Crippen MR) is 110 cm³/mol. The molecule has 2 N–H and O–H groups in total. The van der Waals surface area contributed by atoms with Crippen molar-refractivity contribution in [1.29, 1.82) is 0 Å². The number of ether oxygens (including phenoxy) is 1. The highest BCUT2D eigenvalue weighted by molar-refractivity contribution is 5.91. The SMILES string of the molecule is CC(NC(=O)C1CCCO1)c1nc2ccccc2n1CC(=O)Nc1ccccc1. The molecule has 1 saturated heterocycles. The third-order valence-electron chi connectivity index (χ3n) is 5.01. The lowest BCUT2D eigenvalue weighted by Gasteiger charge is -2.18. The molecule has 1 aliphatic rings. The number of fused-ring (bicyclic) bond motifs is 1. The highest BCUT2D eigenvalue weighted by atomic mass is 16.5. The van der Waals surface area contributed by atoms with Gasteiger partial charge in [0, 0.05) is 12.3 Å². The lowest BCUT2D eigenvalue weighted by molar-refractivity contribution is -0.130. The second-order valence-corrected chi connectivity index (χ2v) is 7.19. The Morgan fingerprint density at radius 2 is 1.93 bits per heavy atom. The fourth-order valence-electron chi connectivity index (χ4n) is 3.61. The van der Waals surface area contributed by atoms with Gasteiger partial charge in [0.05, 0.1) is 17.1 Å². The Labute approximate surface area is 169 Å². The summed E-state index contributed by atoms with van der Waals surface area (Å²) in [5.74, 6) is 0.348. The van der Waals surface area contributed by atoms with E-state index in [1.165, 1.54) is 0 Å². The number of nitrogens with one attached hydrogen (secondary N) is 2. The zero-order valence-electron chi connectivity index (χ0n) is 16.3. The first kappa shape index (κ1) is 19.1. The van der Waals surface area contributed by atoms with Crippen LogP contribution in [0.3, 0.4) is 0 Å². The Kier molecular flexibility index (Phi) is 5.57. The summed E-state index contributed by atoms with van der Waals surface area (Å²) in [6.45, 7) is 2.59. The van der Waals surface area contributed by atoms with Crippen LogP contribution in [0.2, 0.25) is 0 Å². The maximum absolute atomic E-state index is 12.7. The summed E-state index contributed by atoms with van der Waals surface area (Å²) in [5, 5.41) is 5.89. The maximum Gasteiger partial charge on any atom is 0.249 e. The van der Waals surface area contributed by atoms with E-state index in [4.69, 9.17) is 4.74 Å². The van der Waals surface area contributed by atoms with Crippen molar-refractivity contribution in [3.8, 4) is 0 Å². The van der Waals surface area contributed by atoms with Crippen molar-refractivity contribution in [2.24, 2.45) is 0 Å². The van der Waals surface area contributed by atoms with Gasteiger partial charge >= 0.3 is 0 Å². The van der Waals surface area contributed by atoms with Gasteiger partial charge in [0.2, 0.25) is 11.8 Å². The first-order valence-electron chi connectivity index (χ1n) is 9.84. The van der Waals surface area contributed by atoms with Crippen molar-refractivity contribution in [2.75, 3.05) is 11.9 Å². The molecule has 2 unspecified atom stereocenters. The first-order valence-corrected chi connectivity index (χ1v) is 9.84. The second-order valence-electron chi connectivity index (χ2n) is 7.19. The number of amides is 2. The third-order valence-corrected chi connectivity index (χ3v) is 5.01. The lowest BCUT2D eigenvalue weighted by Crippen LogP contribution is -2.37. The molecule has 0 saturated carbocycles. The van der Waals surface area contributed by atoms with Crippen LogP contribution in [0, 0.1) is 0 Å². The molecular weight excluding hydrogens is 368 g/mol. The molecule has 3 aromatic rings. The van der Waals surface area contributed by atoms with E-state index in [-0.39, 0.29) is 24.4 Å². The summed E-state index contributed by atoms with van der Waals surface area (Å²) in [5.41, 5.74) is 2.38. The summed E-state index contributed by atoms with van der Waals surface area (Å²) in [7, 11) is 0. The predicted octanol–water partition coefficient (Wildman–Crippen LogP) is 3.03. The standard InChI is InChI=1S/C22H24N4O3/c1-15(23-22(28)19-12-7-13-29-19)21-25-17-10-5-6-11-18(17)26(21)14-20(27)24-16-8-3-2-4-9-16/h2-6,8-11,15,19H,7,12-14H2,1H3,(H,23,28)(H,24,27). The zero-order chi connectivity index (χ0) is 20.2. The number of para-hydroxylation sites is 3. The van der Waals surface area contributed by atoms with Gasteiger partial charge in [0.15, 0.2) is 0 Å². The van der Waals surface area contributed by atoms with Gasteiger partial charge in [-0.25, -0.2) is 4.98 Å². The average Bonchev–Trinajstić information content (AvgIpc) is 3.37. The molecule has 1 aromatic heterocycles. The molecule has 0 bridgehead atoms. The van der Waals surface area contributed by atoms with Crippen LogP contribution in [0.5, 0.6) is 0 Å². The first-order chi connectivity index (χ1) is 14.1. The number of carbonyl (C=O) groups is 2. The minimum atomic E-state index is -0.406. The van der Waals surface area contributed by atoms with Crippen molar-refractivity contribution < 1.29 is 14.3 Å². The van der Waals surface area contributed by atoms with Crippen LogP contribution in [-0.4, -0.2) is 34.1 Å². The Bertz CT molecular complexity index is 1010. The highest BCUT2D eigenvalue weighted by Crippen LogP contribution is 2.22. The van der Waals surface area contributed by atoms with Crippen LogP contribution >= 0.6 is 0 Å². The van der Waals surface area contributed by atoms with Gasteiger partial charge in [-0.3, -0.25) is 9.59 Å². The van der Waals surface area contributed by atoms with Gasteiger partial charge in [0.25, 0.3) is 0 Å². The maximum atomic E-state index is 12.7. The Morgan fingerprint density at radius 3 is 2.69 bits per heavy atom. The number of hydrogen-bond donors (Lipinski definition) is 2. The van der Waals surface area contributed by atoms with E-state index in [0.29, 0.717) is 12.4 Å². The van der Waals surface area contributed by atoms with Crippen LogP contribution < -0.4 is 10.6 Å². The molecular formula is C22H24N4O3. The number of nitrogens with zero attached hydrogens (tertiary/aromatic N) is 2. The Morgan fingerprint density at radius 1 is 1.17 bits per heavy atom. The number of hydrogen-bond acceptors (Lipinski definition) is 4. The molecule has 0 radical (unpaired) electrons. The summed E-state index contributed by atoms with van der Waals surface area (Å²) < 4.78 is 7.32. The summed E-state index contributed by atoms with van der Waals surface area (Å²) in [4.78, 5) is 29.8. The van der Waals surface area contributed by atoms with Crippen LogP contribution in [0.4, 0.5) is 5.69 Å². The van der Waals surface area contributed by atoms with E-state index in [2.05, 4.69) is 15.6 Å². The van der Waals surface area contributed by atoms with Crippen molar-refractivity contribution >= 4 is 28.5 Å². The fraction of sp³-hybridized carbons (Fsp3) is 0.318. The molecule has 0 spiro atoms. The average molecular weight is 392 g/mol. The summed E-state index contributed by atoms with van der Waals surface area (Å²) in [6, 6.07) is 16.6. The van der Waals surface area contributed by atoms with E-state index in [9.17, 15) is 9.59 Å². The zero-order valence-corrected chi connectivity index (χ0v) is 16.3. The lowest BCUT2D eigenvalue weighted by atomic mass is 10.2. The largest absolute Gasteiger partial charge is 0.368 e. The van der Waals surface area contributed by atoms with Crippen molar-refractivity contribution in [3.05, 3.63) is 60.4 Å². The molecule has 2 aromatic carbocycles.